The Morgan fingerprint density at radius 2 is 1.11 bits per heavy atom. The van der Waals surface area contributed by atoms with Crippen LogP contribution in [0, 0.1) is 11.8 Å². The molecule has 64 heavy (non-hydrogen) atoms. The summed E-state index contributed by atoms with van der Waals surface area (Å²) >= 11 is 0. The average Bonchev–Trinajstić information content (AvgIpc) is 3.70. The number of hydrogen-bond acceptors (Lipinski definition) is 12. The van der Waals surface area contributed by atoms with Gasteiger partial charge in [-0.2, -0.15) is 0 Å². The number of carboxylic acids is 1. The van der Waals surface area contributed by atoms with Crippen molar-refractivity contribution < 1.29 is 58.8 Å². The molecule has 0 spiro atoms. The Bertz CT molecular complexity index is 2070. The summed E-state index contributed by atoms with van der Waals surface area (Å²) in [6, 6.07) is 6.10. The fourth-order valence-corrected chi connectivity index (χ4v) is 6.50. The second-order valence-electron chi connectivity index (χ2n) is 15.5. The van der Waals surface area contributed by atoms with E-state index in [1.807, 2.05) is 0 Å². The molecule has 14 N–H and O–H groups in total. The van der Waals surface area contributed by atoms with Crippen LogP contribution in [0.5, 0.6) is 0 Å². The molecule has 0 aliphatic rings. The first kappa shape index (κ1) is 51.9. The highest BCUT2D eigenvalue weighted by Gasteiger charge is 2.35. The molecule has 0 saturated heterocycles. The molecule has 2 aromatic carbocycles. The summed E-state index contributed by atoms with van der Waals surface area (Å²) < 4.78 is 0. The van der Waals surface area contributed by atoms with Crippen molar-refractivity contribution in [2.45, 2.75) is 95.7 Å². The van der Waals surface area contributed by atoms with Gasteiger partial charge in [-0.05, 0) is 29.0 Å². The summed E-state index contributed by atoms with van der Waals surface area (Å²) in [7, 11) is 0. The van der Waals surface area contributed by atoms with E-state index in [0.29, 0.717) is 24.0 Å². The van der Waals surface area contributed by atoms with E-state index in [-0.39, 0.29) is 12.8 Å². The predicted molar refractivity (Wildman–Crippen MR) is 233 cm³/mol. The molecule has 0 radical (unpaired) electrons. The van der Waals surface area contributed by atoms with Crippen molar-refractivity contribution in [1.29, 1.82) is 0 Å². The largest absolute Gasteiger partial charge is 0.480 e. The van der Waals surface area contributed by atoms with Crippen molar-refractivity contribution >= 4 is 58.2 Å². The van der Waals surface area contributed by atoms with Gasteiger partial charge in [0, 0.05) is 29.9 Å². The Morgan fingerprint density at radius 3 is 1.67 bits per heavy atom. The van der Waals surface area contributed by atoms with Gasteiger partial charge in [-0.15, -0.1) is 0 Å². The van der Waals surface area contributed by atoms with Gasteiger partial charge in [0.15, 0.2) is 0 Å². The zero-order valence-electron chi connectivity index (χ0n) is 36.3. The number of carbonyl (C=O) groups excluding carboxylic acids is 7. The fourth-order valence-electron chi connectivity index (χ4n) is 6.50. The zero-order chi connectivity index (χ0) is 47.5. The number of para-hydroxylation sites is 1. The maximum Gasteiger partial charge on any atom is 0.326 e. The lowest BCUT2D eigenvalue weighted by molar-refractivity contribution is -0.142. The molecule has 3 rings (SSSR count). The highest BCUT2D eigenvalue weighted by Crippen LogP contribution is 2.20. The number of aliphatic hydroxyl groups excluding tert-OH is 3. The lowest BCUT2D eigenvalue weighted by Gasteiger charge is -2.28. The summed E-state index contributed by atoms with van der Waals surface area (Å²) in [5.74, 6) is -8.52. The molecule has 0 aliphatic heterocycles. The minimum Gasteiger partial charge on any atom is -0.480 e. The molecule has 0 bridgehead atoms. The number of aliphatic carboxylic acids is 1. The standard InChI is InChI=1S/C43H61N9O12/c1-5-23(3)35(51-37(57)28(44)20-53)42(62)50-32(21-54)38(58)46-19-34(56)47-33(22-55)40(60)48-30(17-26-18-45-29-15-11-10-14-27(26)29)39(59)52-36(24(4)6-2)41(61)49-31(43(63)64)16-25-12-8-7-9-13-25/h7-15,18,23-24,28,30-33,35-36,45,53-55H,5-6,16-17,19-22,44H2,1-4H3,(H,46,58)(H,47,56)(H,48,60)(H,49,61)(H,50,62)(H,51,57)(H,52,59)(H,63,64)/t23-,24-,28-,30-,31-,32-,33-,35-,36-/m0/s1. The zero-order valence-corrected chi connectivity index (χ0v) is 36.3. The van der Waals surface area contributed by atoms with Crippen LogP contribution in [0.4, 0.5) is 0 Å². The summed E-state index contributed by atoms with van der Waals surface area (Å²) in [5, 5.41) is 56.9. The van der Waals surface area contributed by atoms with Crippen LogP contribution in [0.3, 0.4) is 0 Å². The number of fused-ring (bicyclic) bond motifs is 1. The Hall–Kier alpha value is -6.42. The number of amides is 7. The Labute approximate surface area is 370 Å². The van der Waals surface area contributed by atoms with E-state index >= 15 is 0 Å². The van der Waals surface area contributed by atoms with E-state index in [1.165, 1.54) is 0 Å². The smallest absolute Gasteiger partial charge is 0.326 e. The lowest BCUT2D eigenvalue weighted by Crippen LogP contribution is -2.60. The second-order valence-corrected chi connectivity index (χ2v) is 15.5. The SMILES string of the molecule is CC[C@H](C)[C@H](NC(=O)[C@H](Cc1c[nH]c2ccccc12)NC(=O)[C@H](CO)NC(=O)CNC(=O)[C@H](CO)NC(=O)[C@@H](NC(=O)[C@@H](N)CO)[C@@H](C)CC)C(=O)N[C@@H](Cc1ccccc1)C(=O)O. The summed E-state index contributed by atoms with van der Waals surface area (Å²) in [6.07, 6.45) is 2.29. The molecule has 350 valence electrons. The highest BCUT2D eigenvalue weighted by atomic mass is 16.4. The Kier molecular flexibility index (Phi) is 20.8. The molecule has 9 atom stereocenters. The van der Waals surface area contributed by atoms with Gasteiger partial charge < -0.3 is 68.4 Å². The molecule has 1 aromatic heterocycles. The van der Waals surface area contributed by atoms with Crippen LogP contribution in [0.15, 0.2) is 60.8 Å². The van der Waals surface area contributed by atoms with E-state index in [9.17, 15) is 58.8 Å². The minimum atomic E-state index is -1.66. The van der Waals surface area contributed by atoms with Crippen molar-refractivity contribution in [1.82, 2.24) is 42.2 Å². The average molecular weight is 896 g/mol. The van der Waals surface area contributed by atoms with Gasteiger partial charge in [-0.3, -0.25) is 33.6 Å². The number of carboxylic acid groups (broad SMARTS) is 1. The summed E-state index contributed by atoms with van der Waals surface area (Å²) in [6.45, 7) is 3.52. The molecule has 7 amide bonds. The van der Waals surface area contributed by atoms with Crippen LogP contribution >= 0.6 is 0 Å². The quantitative estimate of drug-likeness (QED) is 0.0396. The highest BCUT2D eigenvalue weighted by molar-refractivity contribution is 5.97. The van der Waals surface area contributed by atoms with E-state index in [4.69, 9.17) is 5.73 Å². The van der Waals surface area contributed by atoms with Gasteiger partial charge in [0.05, 0.1) is 26.4 Å². The molecule has 0 aliphatic carbocycles. The normalized spacial score (nSPS) is 15.4. The number of nitrogens with two attached hydrogens (primary N) is 1. The molecule has 1 heterocycles. The third-order valence-corrected chi connectivity index (χ3v) is 10.8. The van der Waals surface area contributed by atoms with Crippen LogP contribution in [-0.4, -0.2) is 141 Å². The van der Waals surface area contributed by atoms with Crippen LogP contribution < -0.4 is 43.0 Å². The number of benzene rings is 2. The number of carbonyl (C=O) groups is 8. The van der Waals surface area contributed by atoms with Crippen molar-refractivity contribution in [3.63, 3.8) is 0 Å². The molecule has 0 fully saturated rings. The van der Waals surface area contributed by atoms with E-state index in [1.54, 1.807) is 88.5 Å². The van der Waals surface area contributed by atoms with Gasteiger partial charge in [-0.25, -0.2) is 4.79 Å². The molecule has 3 aromatic rings. The van der Waals surface area contributed by atoms with Gasteiger partial charge in [0.25, 0.3) is 0 Å². The second kappa shape index (κ2) is 25.6. The van der Waals surface area contributed by atoms with E-state index in [0.717, 1.165) is 10.9 Å². The van der Waals surface area contributed by atoms with Gasteiger partial charge in [-0.1, -0.05) is 89.1 Å². The number of nitrogens with one attached hydrogen (secondary N) is 8. The first-order valence-corrected chi connectivity index (χ1v) is 21.0. The number of H-pyrrole nitrogens is 1. The molecular formula is C43H61N9O12. The third-order valence-electron chi connectivity index (χ3n) is 10.8. The Morgan fingerprint density at radius 1 is 0.594 bits per heavy atom. The van der Waals surface area contributed by atoms with Crippen molar-refractivity contribution in [2.24, 2.45) is 17.6 Å². The van der Waals surface area contributed by atoms with E-state index < -0.39 is 128 Å². The van der Waals surface area contributed by atoms with Crippen LogP contribution in [0.2, 0.25) is 0 Å². The lowest BCUT2D eigenvalue weighted by atomic mass is 9.96. The Balaban J connectivity index is 1.75. The topological polar surface area (TPSA) is 344 Å². The fraction of sp³-hybridized carbons (Fsp3) is 0.488. The van der Waals surface area contributed by atoms with E-state index in [2.05, 4.69) is 42.2 Å². The van der Waals surface area contributed by atoms with Crippen LogP contribution in [0.1, 0.15) is 51.7 Å². The summed E-state index contributed by atoms with van der Waals surface area (Å²) in [4.78, 5) is 108. The monoisotopic (exact) mass is 895 g/mol. The number of hydrogen-bond donors (Lipinski definition) is 13. The maximum absolute atomic E-state index is 14.1. The van der Waals surface area contributed by atoms with Gasteiger partial charge in [0.2, 0.25) is 41.4 Å². The first-order valence-electron chi connectivity index (χ1n) is 21.0. The molecular weight excluding hydrogens is 835 g/mol. The molecule has 0 saturated carbocycles. The van der Waals surface area contributed by atoms with Crippen molar-refractivity contribution in [3.8, 4) is 0 Å². The number of aromatic amines is 1. The third kappa shape index (κ3) is 15.1. The molecule has 0 unspecified atom stereocenters. The maximum atomic E-state index is 14.1. The van der Waals surface area contributed by atoms with Crippen LogP contribution in [-0.2, 0) is 51.2 Å². The van der Waals surface area contributed by atoms with Gasteiger partial charge in [0.1, 0.15) is 42.3 Å². The van der Waals surface area contributed by atoms with Gasteiger partial charge >= 0.3 is 5.97 Å². The van der Waals surface area contributed by atoms with Crippen LogP contribution in [0.25, 0.3) is 10.9 Å². The number of aliphatic hydroxyl groups is 3. The predicted octanol–water partition coefficient (Wildman–Crippen LogP) is -2.54. The van der Waals surface area contributed by atoms with Crippen molar-refractivity contribution in [2.75, 3.05) is 26.4 Å². The van der Waals surface area contributed by atoms with Crippen molar-refractivity contribution in [3.05, 3.63) is 71.9 Å². The number of rotatable bonds is 26. The molecule has 21 nitrogen and oxygen atoms in total. The number of aromatic nitrogens is 1. The minimum absolute atomic E-state index is 0.0265. The summed E-state index contributed by atoms with van der Waals surface area (Å²) in [5.41, 5.74) is 7.54. The first-order chi connectivity index (χ1) is 30.5. The molecule has 21 heteroatoms.